The molecule has 0 aliphatic carbocycles. The van der Waals surface area contributed by atoms with Gasteiger partial charge >= 0.3 is 0 Å². The molecule has 4 heteroatoms. The van der Waals surface area contributed by atoms with Gasteiger partial charge in [-0.1, -0.05) is 29.8 Å². The molecule has 0 saturated heterocycles. The largest absolute Gasteiger partial charge is 0.497 e. The smallest absolute Gasteiger partial charge is 0.248 e. The standard InChI is InChI=1S/C16H14ClNO2/c1-20-15-7-2-4-12(10-15)8-9-16(19)18-14-6-3-5-13(17)11-14/h2-11H,1H3,(H,18,19)/b9-8+. The number of ether oxygens (including phenoxy) is 1. The molecule has 0 saturated carbocycles. The molecule has 0 heterocycles. The van der Waals surface area contributed by atoms with E-state index in [0.717, 1.165) is 11.3 Å². The van der Waals surface area contributed by atoms with Gasteiger partial charge < -0.3 is 10.1 Å². The van der Waals surface area contributed by atoms with Gasteiger partial charge in [0.1, 0.15) is 5.75 Å². The number of methoxy groups -OCH3 is 1. The minimum Gasteiger partial charge on any atom is -0.497 e. The van der Waals surface area contributed by atoms with Gasteiger partial charge in [0.05, 0.1) is 7.11 Å². The molecule has 0 unspecified atom stereocenters. The first-order valence-electron chi connectivity index (χ1n) is 6.06. The summed E-state index contributed by atoms with van der Waals surface area (Å²) in [5, 5.41) is 3.32. The van der Waals surface area contributed by atoms with E-state index in [2.05, 4.69) is 5.32 Å². The summed E-state index contributed by atoms with van der Waals surface area (Å²) in [6, 6.07) is 14.5. The first-order valence-corrected chi connectivity index (χ1v) is 6.44. The highest BCUT2D eigenvalue weighted by atomic mass is 35.5. The Morgan fingerprint density at radius 3 is 2.75 bits per heavy atom. The number of rotatable bonds is 4. The van der Waals surface area contributed by atoms with Crippen molar-refractivity contribution in [1.29, 1.82) is 0 Å². The van der Waals surface area contributed by atoms with Crippen LogP contribution in [0.5, 0.6) is 5.75 Å². The number of amides is 1. The zero-order valence-corrected chi connectivity index (χ0v) is 11.7. The third-order valence-corrected chi connectivity index (χ3v) is 2.85. The van der Waals surface area contributed by atoms with Gasteiger partial charge in [-0.2, -0.15) is 0 Å². The van der Waals surface area contributed by atoms with Crippen LogP contribution in [-0.4, -0.2) is 13.0 Å². The summed E-state index contributed by atoms with van der Waals surface area (Å²) in [5.41, 5.74) is 1.56. The lowest BCUT2D eigenvalue weighted by Gasteiger charge is -2.02. The van der Waals surface area contributed by atoms with E-state index < -0.39 is 0 Å². The van der Waals surface area contributed by atoms with Crippen LogP contribution in [0.2, 0.25) is 5.02 Å². The molecule has 1 N–H and O–H groups in total. The van der Waals surface area contributed by atoms with Crippen molar-refractivity contribution in [3.63, 3.8) is 0 Å². The molecule has 2 aromatic rings. The Morgan fingerprint density at radius 2 is 2.00 bits per heavy atom. The number of benzene rings is 2. The summed E-state index contributed by atoms with van der Waals surface area (Å²) >= 11 is 5.85. The maximum atomic E-state index is 11.8. The molecular formula is C16H14ClNO2. The molecular weight excluding hydrogens is 274 g/mol. The Morgan fingerprint density at radius 1 is 1.20 bits per heavy atom. The Hall–Kier alpha value is -2.26. The van der Waals surface area contributed by atoms with Crippen molar-refractivity contribution < 1.29 is 9.53 Å². The SMILES string of the molecule is COc1cccc(/C=C/C(=O)Nc2cccc(Cl)c2)c1. The fourth-order valence-corrected chi connectivity index (χ4v) is 1.86. The van der Waals surface area contributed by atoms with Crippen molar-refractivity contribution in [3.05, 3.63) is 65.2 Å². The van der Waals surface area contributed by atoms with Crippen LogP contribution in [-0.2, 0) is 4.79 Å². The minimum absolute atomic E-state index is 0.213. The summed E-state index contributed by atoms with van der Waals surface area (Å²) in [6.07, 6.45) is 3.19. The summed E-state index contributed by atoms with van der Waals surface area (Å²) < 4.78 is 5.12. The lowest BCUT2D eigenvalue weighted by Crippen LogP contribution is -2.07. The topological polar surface area (TPSA) is 38.3 Å². The second-order valence-electron chi connectivity index (χ2n) is 4.11. The van der Waals surface area contributed by atoms with Crippen molar-refractivity contribution in [3.8, 4) is 5.75 Å². The summed E-state index contributed by atoms with van der Waals surface area (Å²) in [4.78, 5) is 11.8. The van der Waals surface area contributed by atoms with E-state index in [1.54, 1.807) is 37.5 Å². The number of carbonyl (C=O) groups excluding carboxylic acids is 1. The molecule has 0 fully saturated rings. The third kappa shape index (κ3) is 4.14. The first-order chi connectivity index (χ1) is 9.67. The first kappa shape index (κ1) is 14.2. The fourth-order valence-electron chi connectivity index (χ4n) is 1.67. The highest BCUT2D eigenvalue weighted by Crippen LogP contribution is 2.16. The Bertz CT molecular complexity index is 638. The molecule has 2 aromatic carbocycles. The van der Waals surface area contributed by atoms with Crippen LogP contribution in [0.4, 0.5) is 5.69 Å². The summed E-state index contributed by atoms with van der Waals surface area (Å²) in [7, 11) is 1.61. The molecule has 0 bridgehead atoms. The van der Waals surface area contributed by atoms with Crippen LogP contribution >= 0.6 is 11.6 Å². The Kier molecular flexibility index (Phi) is 4.80. The number of hydrogen-bond acceptors (Lipinski definition) is 2. The normalized spacial score (nSPS) is 10.5. The Labute approximate surface area is 122 Å². The number of anilines is 1. The van der Waals surface area contributed by atoms with Gasteiger partial charge in [-0.3, -0.25) is 4.79 Å². The second-order valence-corrected chi connectivity index (χ2v) is 4.55. The highest BCUT2D eigenvalue weighted by molar-refractivity contribution is 6.30. The zero-order valence-electron chi connectivity index (χ0n) is 11.0. The molecule has 1 amide bonds. The van der Waals surface area contributed by atoms with Gasteiger partial charge in [0.15, 0.2) is 0 Å². The van der Waals surface area contributed by atoms with E-state index in [0.29, 0.717) is 10.7 Å². The van der Waals surface area contributed by atoms with E-state index in [1.165, 1.54) is 6.08 Å². The number of nitrogens with one attached hydrogen (secondary N) is 1. The number of hydrogen-bond donors (Lipinski definition) is 1. The molecule has 0 atom stereocenters. The van der Waals surface area contributed by atoms with E-state index in [9.17, 15) is 4.79 Å². The molecule has 0 aliphatic heterocycles. The van der Waals surface area contributed by atoms with Gasteiger partial charge in [-0.05, 0) is 42.0 Å². The number of halogens is 1. The Balaban J connectivity index is 2.02. The van der Waals surface area contributed by atoms with Crippen LogP contribution in [0.3, 0.4) is 0 Å². The minimum atomic E-state index is -0.213. The zero-order chi connectivity index (χ0) is 14.4. The molecule has 20 heavy (non-hydrogen) atoms. The molecule has 102 valence electrons. The van der Waals surface area contributed by atoms with Crippen molar-refractivity contribution in [2.24, 2.45) is 0 Å². The summed E-state index contributed by atoms with van der Waals surface area (Å²) in [5.74, 6) is 0.539. The van der Waals surface area contributed by atoms with Gasteiger partial charge in [-0.25, -0.2) is 0 Å². The summed E-state index contributed by atoms with van der Waals surface area (Å²) in [6.45, 7) is 0. The predicted molar refractivity (Wildman–Crippen MR) is 82.1 cm³/mol. The lowest BCUT2D eigenvalue weighted by atomic mass is 10.2. The molecule has 0 spiro atoms. The van der Waals surface area contributed by atoms with Crippen LogP contribution in [0, 0.1) is 0 Å². The maximum absolute atomic E-state index is 11.8. The maximum Gasteiger partial charge on any atom is 0.248 e. The van der Waals surface area contributed by atoms with Gasteiger partial charge in [0.2, 0.25) is 5.91 Å². The molecule has 0 radical (unpaired) electrons. The average Bonchev–Trinajstić information content (AvgIpc) is 2.45. The lowest BCUT2D eigenvalue weighted by molar-refractivity contribution is -0.111. The molecule has 3 nitrogen and oxygen atoms in total. The van der Waals surface area contributed by atoms with E-state index in [1.807, 2.05) is 24.3 Å². The van der Waals surface area contributed by atoms with Crippen LogP contribution in [0.25, 0.3) is 6.08 Å². The van der Waals surface area contributed by atoms with Crippen molar-refractivity contribution in [2.45, 2.75) is 0 Å². The van der Waals surface area contributed by atoms with Gasteiger partial charge in [0, 0.05) is 16.8 Å². The number of carbonyl (C=O) groups is 1. The van der Waals surface area contributed by atoms with Crippen LogP contribution < -0.4 is 10.1 Å². The monoisotopic (exact) mass is 287 g/mol. The second kappa shape index (κ2) is 6.78. The van der Waals surface area contributed by atoms with Gasteiger partial charge in [-0.15, -0.1) is 0 Å². The van der Waals surface area contributed by atoms with Crippen LogP contribution in [0.15, 0.2) is 54.6 Å². The van der Waals surface area contributed by atoms with Gasteiger partial charge in [0.25, 0.3) is 0 Å². The van der Waals surface area contributed by atoms with Crippen LogP contribution in [0.1, 0.15) is 5.56 Å². The molecule has 0 aromatic heterocycles. The van der Waals surface area contributed by atoms with E-state index in [4.69, 9.17) is 16.3 Å². The molecule has 0 aliphatic rings. The van der Waals surface area contributed by atoms with Crippen molar-refractivity contribution in [2.75, 3.05) is 12.4 Å². The fraction of sp³-hybridized carbons (Fsp3) is 0.0625. The highest BCUT2D eigenvalue weighted by Gasteiger charge is 1.99. The van der Waals surface area contributed by atoms with E-state index in [-0.39, 0.29) is 5.91 Å². The molecule has 2 rings (SSSR count). The average molecular weight is 288 g/mol. The van der Waals surface area contributed by atoms with Crippen molar-refractivity contribution >= 4 is 29.3 Å². The predicted octanol–water partition coefficient (Wildman–Crippen LogP) is 4.00. The van der Waals surface area contributed by atoms with Crippen molar-refractivity contribution in [1.82, 2.24) is 0 Å². The third-order valence-electron chi connectivity index (χ3n) is 2.61. The quantitative estimate of drug-likeness (QED) is 0.863. The van der Waals surface area contributed by atoms with E-state index >= 15 is 0 Å².